The largest absolute Gasteiger partial charge is 0.486 e. The van der Waals surface area contributed by atoms with Crippen LogP contribution in [0.5, 0.6) is 11.5 Å². The first-order chi connectivity index (χ1) is 9.72. The van der Waals surface area contributed by atoms with E-state index in [1.807, 2.05) is 18.2 Å². The highest BCUT2D eigenvalue weighted by Crippen LogP contribution is 2.33. The highest BCUT2D eigenvalue weighted by Gasteiger charge is 2.15. The van der Waals surface area contributed by atoms with E-state index >= 15 is 0 Å². The third-order valence-corrected chi connectivity index (χ3v) is 2.93. The van der Waals surface area contributed by atoms with E-state index < -0.39 is 0 Å². The zero-order chi connectivity index (χ0) is 13.9. The van der Waals surface area contributed by atoms with Crippen molar-refractivity contribution in [3.05, 3.63) is 24.0 Å². The Kier molecular flexibility index (Phi) is 3.56. The lowest BCUT2D eigenvalue weighted by atomic mass is 10.2. The third kappa shape index (κ3) is 2.75. The number of hydrogen-bond acceptors (Lipinski definition) is 6. The van der Waals surface area contributed by atoms with Gasteiger partial charge in [0, 0.05) is 11.6 Å². The van der Waals surface area contributed by atoms with Gasteiger partial charge >= 0.3 is 0 Å². The number of aromatic nitrogens is 2. The minimum atomic E-state index is 0.381. The van der Waals surface area contributed by atoms with Crippen LogP contribution in [0.25, 0.3) is 11.5 Å². The van der Waals surface area contributed by atoms with Gasteiger partial charge in [-0.25, -0.2) is 0 Å². The predicted molar refractivity (Wildman–Crippen MR) is 72.7 cm³/mol. The van der Waals surface area contributed by atoms with Crippen molar-refractivity contribution in [1.29, 1.82) is 0 Å². The monoisotopic (exact) mass is 275 g/mol. The molecule has 0 saturated carbocycles. The smallest absolute Gasteiger partial charge is 0.258 e. The van der Waals surface area contributed by atoms with Crippen LogP contribution in [0, 0.1) is 0 Å². The van der Waals surface area contributed by atoms with Crippen molar-refractivity contribution in [2.75, 3.05) is 13.2 Å². The summed E-state index contributed by atoms with van der Waals surface area (Å²) < 4.78 is 16.3. The van der Waals surface area contributed by atoms with Crippen molar-refractivity contribution < 1.29 is 14.0 Å². The van der Waals surface area contributed by atoms with Gasteiger partial charge in [0.05, 0.1) is 6.54 Å². The molecule has 0 aliphatic carbocycles. The number of ether oxygens (including phenoxy) is 2. The van der Waals surface area contributed by atoms with Crippen LogP contribution in [0.15, 0.2) is 22.7 Å². The van der Waals surface area contributed by atoms with E-state index in [0.29, 0.717) is 43.3 Å². The van der Waals surface area contributed by atoms with Crippen LogP contribution in [0.4, 0.5) is 0 Å². The van der Waals surface area contributed by atoms with Gasteiger partial charge in [-0.05, 0) is 18.2 Å². The van der Waals surface area contributed by atoms with E-state index in [2.05, 4.69) is 29.3 Å². The van der Waals surface area contributed by atoms with Gasteiger partial charge in [0.1, 0.15) is 13.2 Å². The molecule has 106 valence electrons. The third-order valence-electron chi connectivity index (χ3n) is 2.93. The number of rotatable bonds is 4. The predicted octanol–water partition coefficient (Wildman–Crippen LogP) is 2.01. The molecule has 1 aliphatic rings. The summed E-state index contributed by atoms with van der Waals surface area (Å²) in [4.78, 5) is 4.36. The van der Waals surface area contributed by atoms with Crippen LogP contribution in [-0.2, 0) is 6.54 Å². The Balaban J connectivity index is 1.79. The maximum atomic E-state index is 5.54. The van der Waals surface area contributed by atoms with E-state index in [4.69, 9.17) is 14.0 Å². The topological polar surface area (TPSA) is 69.4 Å². The van der Waals surface area contributed by atoms with E-state index in [1.165, 1.54) is 0 Å². The lowest BCUT2D eigenvalue weighted by Crippen LogP contribution is -2.22. The van der Waals surface area contributed by atoms with Crippen molar-refractivity contribution in [2.45, 2.75) is 26.4 Å². The molecule has 20 heavy (non-hydrogen) atoms. The minimum Gasteiger partial charge on any atom is -0.486 e. The fourth-order valence-electron chi connectivity index (χ4n) is 1.91. The maximum absolute atomic E-state index is 5.54. The summed E-state index contributed by atoms with van der Waals surface area (Å²) in [6, 6.07) is 5.99. The molecule has 0 bridgehead atoms. The molecule has 0 saturated heterocycles. The molecule has 1 N–H and O–H groups in total. The molecule has 0 fully saturated rings. The summed E-state index contributed by atoms with van der Waals surface area (Å²) in [7, 11) is 0. The molecule has 6 heteroatoms. The second-order valence-electron chi connectivity index (χ2n) is 4.91. The Bertz CT molecular complexity index is 595. The highest BCUT2D eigenvalue weighted by atomic mass is 16.6. The minimum absolute atomic E-state index is 0.381. The molecule has 3 rings (SSSR count). The molecular weight excluding hydrogens is 258 g/mol. The van der Waals surface area contributed by atoms with Crippen molar-refractivity contribution in [2.24, 2.45) is 0 Å². The Hall–Kier alpha value is -2.08. The molecule has 0 amide bonds. The normalized spacial score (nSPS) is 13.8. The number of hydrogen-bond donors (Lipinski definition) is 1. The van der Waals surface area contributed by atoms with Gasteiger partial charge in [-0.1, -0.05) is 19.0 Å². The van der Waals surface area contributed by atoms with Crippen LogP contribution >= 0.6 is 0 Å². The van der Waals surface area contributed by atoms with Crippen molar-refractivity contribution in [3.8, 4) is 23.0 Å². The molecule has 0 radical (unpaired) electrons. The first kappa shape index (κ1) is 12.9. The Morgan fingerprint density at radius 1 is 1.20 bits per heavy atom. The number of nitrogens with zero attached hydrogens (tertiary/aromatic N) is 2. The standard InChI is InChI=1S/C14H17N3O3/c1-9(2)15-8-13-16-14(20-17-13)10-3-4-11-12(7-10)19-6-5-18-11/h3-4,7,9,15H,5-6,8H2,1-2H3. The van der Waals surface area contributed by atoms with Crippen molar-refractivity contribution in [1.82, 2.24) is 15.5 Å². The van der Waals surface area contributed by atoms with Crippen molar-refractivity contribution >= 4 is 0 Å². The summed E-state index contributed by atoms with van der Waals surface area (Å²) in [5, 5.41) is 7.20. The van der Waals surface area contributed by atoms with Crippen LogP contribution in [0.1, 0.15) is 19.7 Å². The van der Waals surface area contributed by atoms with E-state index in [9.17, 15) is 0 Å². The number of benzene rings is 1. The summed E-state index contributed by atoms with van der Waals surface area (Å²) in [6.45, 7) is 5.87. The molecule has 6 nitrogen and oxygen atoms in total. The summed E-state index contributed by atoms with van der Waals surface area (Å²) in [6.07, 6.45) is 0. The summed E-state index contributed by atoms with van der Waals surface area (Å²) in [5.41, 5.74) is 0.831. The second-order valence-corrected chi connectivity index (χ2v) is 4.91. The summed E-state index contributed by atoms with van der Waals surface area (Å²) in [5.74, 6) is 2.60. The fraction of sp³-hybridized carbons (Fsp3) is 0.429. The Labute approximate surface area is 117 Å². The highest BCUT2D eigenvalue weighted by molar-refractivity contribution is 5.60. The first-order valence-corrected chi connectivity index (χ1v) is 6.68. The van der Waals surface area contributed by atoms with Crippen LogP contribution < -0.4 is 14.8 Å². The van der Waals surface area contributed by atoms with Crippen LogP contribution in [0.3, 0.4) is 0 Å². The van der Waals surface area contributed by atoms with Gasteiger partial charge in [0.25, 0.3) is 5.89 Å². The maximum Gasteiger partial charge on any atom is 0.258 e. The SMILES string of the molecule is CC(C)NCc1noc(-c2ccc3c(c2)OCCO3)n1. The lowest BCUT2D eigenvalue weighted by Gasteiger charge is -2.18. The van der Waals surface area contributed by atoms with Crippen LogP contribution in [0.2, 0.25) is 0 Å². The quantitative estimate of drug-likeness (QED) is 0.920. The van der Waals surface area contributed by atoms with Gasteiger partial charge in [-0.3, -0.25) is 0 Å². The molecule has 1 aromatic heterocycles. The Morgan fingerprint density at radius 2 is 2.00 bits per heavy atom. The van der Waals surface area contributed by atoms with Gasteiger partial charge in [0.15, 0.2) is 17.3 Å². The average Bonchev–Trinajstić information content (AvgIpc) is 2.93. The van der Waals surface area contributed by atoms with E-state index in [0.717, 1.165) is 11.3 Å². The number of fused-ring (bicyclic) bond motifs is 1. The average molecular weight is 275 g/mol. The molecule has 2 heterocycles. The van der Waals surface area contributed by atoms with Crippen molar-refractivity contribution in [3.63, 3.8) is 0 Å². The second kappa shape index (κ2) is 5.50. The number of nitrogens with one attached hydrogen (secondary N) is 1. The molecule has 0 unspecified atom stereocenters. The molecule has 2 aromatic rings. The lowest BCUT2D eigenvalue weighted by molar-refractivity contribution is 0.171. The van der Waals surface area contributed by atoms with Crippen LogP contribution in [-0.4, -0.2) is 29.4 Å². The molecular formula is C14H17N3O3. The first-order valence-electron chi connectivity index (χ1n) is 6.68. The van der Waals surface area contributed by atoms with Gasteiger partial charge in [0.2, 0.25) is 0 Å². The van der Waals surface area contributed by atoms with Gasteiger partial charge in [-0.2, -0.15) is 4.98 Å². The zero-order valence-corrected chi connectivity index (χ0v) is 11.5. The fourth-order valence-corrected chi connectivity index (χ4v) is 1.91. The molecule has 0 spiro atoms. The van der Waals surface area contributed by atoms with E-state index in [1.54, 1.807) is 0 Å². The Morgan fingerprint density at radius 3 is 2.80 bits per heavy atom. The summed E-state index contributed by atoms with van der Waals surface area (Å²) >= 11 is 0. The molecule has 0 atom stereocenters. The van der Waals surface area contributed by atoms with E-state index in [-0.39, 0.29) is 0 Å². The molecule has 1 aromatic carbocycles. The zero-order valence-electron chi connectivity index (χ0n) is 11.5. The van der Waals surface area contributed by atoms with Gasteiger partial charge in [-0.15, -0.1) is 0 Å². The van der Waals surface area contributed by atoms with Gasteiger partial charge < -0.3 is 19.3 Å². The molecule has 1 aliphatic heterocycles.